The number of aromatic nitrogens is 3. The molecule has 0 bridgehead atoms. The molecule has 8 heteroatoms. The summed E-state index contributed by atoms with van der Waals surface area (Å²) in [6.45, 7) is 4.98. The highest BCUT2D eigenvalue weighted by Crippen LogP contribution is 2.31. The predicted octanol–water partition coefficient (Wildman–Crippen LogP) is 2.84. The molecule has 0 saturated heterocycles. The Balaban J connectivity index is 1.99. The first-order valence-electron chi connectivity index (χ1n) is 8.61. The minimum atomic E-state index is -2.50. The van der Waals surface area contributed by atoms with Crippen molar-refractivity contribution in [2.75, 3.05) is 13.2 Å². The van der Waals surface area contributed by atoms with Crippen molar-refractivity contribution in [1.82, 2.24) is 14.5 Å². The Hall–Kier alpha value is -2.87. The second-order valence-electron chi connectivity index (χ2n) is 5.71. The summed E-state index contributed by atoms with van der Waals surface area (Å²) in [6.07, 6.45) is 5.08. The van der Waals surface area contributed by atoms with E-state index < -0.39 is 10.7 Å². The molecule has 2 heterocycles. The predicted molar refractivity (Wildman–Crippen MR) is 103 cm³/mol. The molecule has 3 aromatic rings. The molecule has 0 atom stereocenters. The van der Waals surface area contributed by atoms with Gasteiger partial charge in [0.15, 0.2) is 0 Å². The zero-order chi connectivity index (χ0) is 19.2. The molecule has 2 aromatic heterocycles. The summed E-state index contributed by atoms with van der Waals surface area (Å²) in [5.41, 5.74) is 3.04. The summed E-state index contributed by atoms with van der Waals surface area (Å²) in [4.78, 5) is 8.48. The molecule has 0 aliphatic rings. The summed E-state index contributed by atoms with van der Waals surface area (Å²) >= 11 is 0. The van der Waals surface area contributed by atoms with Crippen molar-refractivity contribution >= 4 is 10.7 Å². The maximum absolute atomic E-state index is 10.8. The van der Waals surface area contributed by atoms with E-state index in [0.29, 0.717) is 18.9 Å². The van der Waals surface area contributed by atoms with Crippen LogP contribution in [0.25, 0.3) is 16.9 Å². The number of benzene rings is 1. The first kappa shape index (κ1) is 18.9. The SMILES string of the molecule is CCOc1cc(OCC)cc(-c2cncn2-c2ccc(C[SH](=O)=O)nc2)c1. The maximum atomic E-state index is 10.8. The topological polar surface area (TPSA) is 83.3 Å². The zero-order valence-corrected chi connectivity index (χ0v) is 16.1. The van der Waals surface area contributed by atoms with Crippen LogP contribution in [0.4, 0.5) is 0 Å². The van der Waals surface area contributed by atoms with E-state index in [1.54, 1.807) is 24.8 Å². The van der Waals surface area contributed by atoms with Crippen LogP contribution in [0.5, 0.6) is 11.5 Å². The van der Waals surface area contributed by atoms with E-state index in [1.807, 2.05) is 42.7 Å². The number of hydrogen-bond acceptors (Lipinski definition) is 6. The third kappa shape index (κ3) is 4.65. The number of ether oxygens (including phenoxy) is 2. The fourth-order valence-electron chi connectivity index (χ4n) is 2.72. The largest absolute Gasteiger partial charge is 0.494 e. The highest BCUT2D eigenvalue weighted by atomic mass is 32.2. The fourth-order valence-corrected chi connectivity index (χ4v) is 3.17. The second kappa shape index (κ2) is 8.68. The van der Waals surface area contributed by atoms with Gasteiger partial charge in [-0.15, -0.1) is 0 Å². The Morgan fingerprint density at radius 2 is 1.70 bits per heavy atom. The molecule has 0 N–H and O–H groups in total. The van der Waals surface area contributed by atoms with Crippen molar-refractivity contribution < 1.29 is 17.9 Å². The standard InChI is InChI=1S/C19H21N3O4S/c1-3-25-17-7-14(8-18(9-17)26-4-2)19-11-20-13-22(19)16-6-5-15(21-10-16)12-27(23)24/h5-11,13,27H,3-4,12H2,1-2H3. The van der Waals surface area contributed by atoms with Crippen molar-refractivity contribution in [2.24, 2.45) is 0 Å². The molecule has 0 fully saturated rings. The number of nitrogens with zero attached hydrogens (tertiary/aromatic N) is 3. The molecule has 1 aromatic carbocycles. The van der Waals surface area contributed by atoms with Gasteiger partial charge in [-0.05, 0) is 38.1 Å². The van der Waals surface area contributed by atoms with Crippen LogP contribution in [0.2, 0.25) is 0 Å². The summed E-state index contributed by atoms with van der Waals surface area (Å²) in [5.74, 6) is 1.37. The van der Waals surface area contributed by atoms with Gasteiger partial charge < -0.3 is 9.47 Å². The van der Waals surface area contributed by atoms with Crippen LogP contribution in [0.3, 0.4) is 0 Å². The van der Waals surface area contributed by atoms with Gasteiger partial charge in [0.05, 0.1) is 54.8 Å². The van der Waals surface area contributed by atoms with Crippen LogP contribution in [0.1, 0.15) is 19.5 Å². The molecule has 0 aliphatic carbocycles. The summed E-state index contributed by atoms with van der Waals surface area (Å²) in [6, 6.07) is 9.25. The van der Waals surface area contributed by atoms with E-state index >= 15 is 0 Å². The van der Waals surface area contributed by atoms with E-state index in [9.17, 15) is 8.42 Å². The Kier molecular flexibility index (Phi) is 6.08. The molecule has 0 spiro atoms. The Labute approximate surface area is 159 Å². The van der Waals surface area contributed by atoms with Crippen LogP contribution in [0, 0.1) is 0 Å². The lowest BCUT2D eigenvalue weighted by atomic mass is 10.1. The van der Waals surface area contributed by atoms with Crippen LogP contribution < -0.4 is 9.47 Å². The zero-order valence-electron chi connectivity index (χ0n) is 15.2. The monoisotopic (exact) mass is 387 g/mol. The lowest BCUT2D eigenvalue weighted by Crippen LogP contribution is -2.00. The summed E-state index contributed by atoms with van der Waals surface area (Å²) in [7, 11) is -2.50. The van der Waals surface area contributed by atoms with Gasteiger partial charge in [0.2, 0.25) is 0 Å². The minimum Gasteiger partial charge on any atom is -0.494 e. The molecule has 0 radical (unpaired) electrons. The highest BCUT2D eigenvalue weighted by molar-refractivity contribution is 7.71. The van der Waals surface area contributed by atoms with E-state index in [4.69, 9.17) is 9.47 Å². The first-order chi connectivity index (χ1) is 13.1. The minimum absolute atomic E-state index is 0.0689. The second-order valence-corrected chi connectivity index (χ2v) is 6.69. The van der Waals surface area contributed by atoms with E-state index in [2.05, 4.69) is 9.97 Å². The highest BCUT2D eigenvalue weighted by Gasteiger charge is 2.11. The quantitative estimate of drug-likeness (QED) is 0.599. The van der Waals surface area contributed by atoms with Crippen LogP contribution in [-0.4, -0.2) is 36.2 Å². The molecule has 0 unspecified atom stereocenters. The molecule has 0 amide bonds. The maximum Gasteiger partial charge on any atom is 0.145 e. The van der Waals surface area contributed by atoms with Crippen LogP contribution in [-0.2, 0) is 16.5 Å². The normalized spacial score (nSPS) is 10.9. The molecular weight excluding hydrogens is 366 g/mol. The fraction of sp³-hybridized carbons (Fsp3) is 0.263. The van der Waals surface area contributed by atoms with Gasteiger partial charge in [-0.3, -0.25) is 9.55 Å². The van der Waals surface area contributed by atoms with Crippen LogP contribution in [0.15, 0.2) is 49.1 Å². The van der Waals surface area contributed by atoms with E-state index in [-0.39, 0.29) is 5.75 Å². The van der Waals surface area contributed by atoms with Gasteiger partial charge in [-0.2, -0.15) is 0 Å². The van der Waals surface area contributed by atoms with Crippen LogP contribution >= 0.6 is 0 Å². The van der Waals surface area contributed by atoms with Crippen molar-refractivity contribution in [1.29, 1.82) is 0 Å². The lowest BCUT2D eigenvalue weighted by molar-refractivity contribution is 0.323. The van der Waals surface area contributed by atoms with E-state index in [0.717, 1.165) is 28.4 Å². The number of thiol groups is 1. The van der Waals surface area contributed by atoms with Crippen molar-refractivity contribution in [3.63, 3.8) is 0 Å². The molecule has 3 rings (SSSR count). The van der Waals surface area contributed by atoms with Crippen molar-refractivity contribution in [3.05, 3.63) is 54.7 Å². The Bertz CT molecular complexity index is 949. The number of pyridine rings is 1. The van der Waals surface area contributed by atoms with Gasteiger partial charge in [0.1, 0.15) is 22.2 Å². The molecular formula is C19H21N3O4S. The van der Waals surface area contributed by atoms with E-state index in [1.165, 1.54) is 0 Å². The third-order valence-corrected chi connectivity index (χ3v) is 4.40. The Morgan fingerprint density at radius 1 is 1.00 bits per heavy atom. The molecule has 0 aliphatic heterocycles. The number of imidazole rings is 1. The van der Waals surface area contributed by atoms with Gasteiger partial charge in [0.25, 0.3) is 0 Å². The summed E-state index contributed by atoms with van der Waals surface area (Å²) < 4.78 is 34.9. The van der Waals surface area contributed by atoms with Gasteiger partial charge in [-0.1, -0.05) is 0 Å². The summed E-state index contributed by atoms with van der Waals surface area (Å²) in [5, 5.41) is 0. The molecule has 27 heavy (non-hydrogen) atoms. The molecule has 7 nitrogen and oxygen atoms in total. The van der Waals surface area contributed by atoms with Gasteiger partial charge in [-0.25, -0.2) is 13.4 Å². The average Bonchev–Trinajstić information content (AvgIpc) is 3.12. The van der Waals surface area contributed by atoms with Crippen molar-refractivity contribution in [3.8, 4) is 28.4 Å². The molecule has 142 valence electrons. The number of rotatable bonds is 8. The third-order valence-electron chi connectivity index (χ3n) is 3.81. The smallest absolute Gasteiger partial charge is 0.145 e. The number of hydrogen-bond donors (Lipinski definition) is 1. The van der Waals surface area contributed by atoms with Crippen molar-refractivity contribution in [2.45, 2.75) is 19.6 Å². The van der Waals surface area contributed by atoms with Gasteiger partial charge >= 0.3 is 0 Å². The first-order valence-corrected chi connectivity index (χ1v) is 9.97. The average molecular weight is 387 g/mol. The van der Waals surface area contributed by atoms with Gasteiger partial charge in [0, 0.05) is 11.6 Å². The lowest BCUT2D eigenvalue weighted by Gasteiger charge is -2.13. The Morgan fingerprint density at radius 3 is 2.26 bits per heavy atom. The molecule has 0 saturated carbocycles.